The van der Waals surface area contributed by atoms with Crippen LogP contribution in [-0.2, 0) is 0 Å². The van der Waals surface area contributed by atoms with Crippen LogP contribution in [0.1, 0.15) is 32.6 Å². The smallest absolute Gasteiger partial charge is 0.234 e. The number of nitrogens with zero attached hydrogens (tertiary/aromatic N) is 2. The van der Waals surface area contributed by atoms with E-state index in [-0.39, 0.29) is 0 Å². The number of hydrogen-bond acceptors (Lipinski definition) is 4. The summed E-state index contributed by atoms with van der Waals surface area (Å²) in [4.78, 5) is 8.48. The zero-order valence-electron chi connectivity index (χ0n) is 10.7. The van der Waals surface area contributed by atoms with Crippen molar-refractivity contribution in [2.45, 2.75) is 38.0 Å². The van der Waals surface area contributed by atoms with Crippen molar-refractivity contribution in [2.75, 3.05) is 18.5 Å². The number of ether oxygens (including phenoxy) is 1. The van der Waals surface area contributed by atoms with Crippen molar-refractivity contribution in [1.29, 1.82) is 0 Å². The van der Waals surface area contributed by atoms with Crippen molar-refractivity contribution in [3.8, 4) is 5.88 Å². The zero-order chi connectivity index (χ0) is 12.8. The predicted octanol–water partition coefficient (Wildman–Crippen LogP) is 3.08. The van der Waals surface area contributed by atoms with Gasteiger partial charge in [-0.25, -0.2) is 0 Å². The Morgan fingerprint density at radius 3 is 3.06 bits per heavy atom. The SMILES string of the molecule is CCCOc1cncc(NCC2CCCC2Cl)n1. The topological polar surface area (TPSA) is 47.0 Å². The van der Waals surface area contributed by atoms with Crippen molar-refractivity contribution in [1.82, 2.24) is 9.97 Å². The van der Waals surface area contributed by atoms with Gasteiger partial charge in [-0.15, -0.1) is 11.6 Å². The zero-order valence-corrected chi connectivity index (χ0v) is 11.5. The first-order valence-electron chi connectivity index (χ1n) is 6.62. The number of anilines is 1. The highest BCUT2D eigenvalue weighted by Gasteiger charge is 2.24. The number of halogens is 1. The average molecular weight is 270 g/mol. The summed E-state index contributed by atoms with van der Waals surface area (Å²) in [5.41, 5.74) is 0. The number of rotatable bonds is 6. The van der Waals surface area contributed by atoms with E-state index >= 15 is 0 Å². The minimum atomic E-state index is 0.296. The van der Waals surface area contributed by atoms with E-state index in [0.29, 0.717) is 23.8 Å². The molecule has 1 heterocycles. The number of aromatic nitrogens is 2. The van der Waals surface area contributed by atoms with E-state index in [2.05, 4.69) is 22.2 Å². The molecule has 1 aromatic rings. The van der Waals surface area contributed by atoms with Crippen LogP contribution in [0.4, 0.5) is 5.82 Å². The van der Waals surface area contributed by atoms with Gasteiger partial charge < -0.3 is 10.1 Å². The third-order valence-electron chi connectivity index (χ3n) is 3.18. The van der Waals surface area contributed by atoms with Crippen LogP contribution in [-0.4, -0.2) is 28.5 Å². The summed E-state index contributed by atoms with van der Waals surface area (Å²) in [6.45, 7) is 3.60. The third kappa shape index (κ3) is 3.73. The Labute approximate surface area is 113 Å². The Kier molecular flexibility index (Phi) is 5.05. The van der Waals surface area contributed by atoms with Gasteiger partial charge in [0.15, 0.2) is 0 Å². The molecule has 5 heteroatoms. The predicted molar refractivity (Wildman–Crippen MR) is 73.3 cm³/mol. The van der Waals surface area contributed by atoms with Crippen LogP contribution >= 0.6 is 11.6 Å². The van der Waals surface area contributed by atoms with Crippen LogP contribution in [0.15, 0.2) is 12.4 Å². The molecule has 100 valence electrons. The minimum absolute atomic E-state index is 0.296. The Morgan fingerprint density at radius 2 is 2.33 bits per heavy atom. The highest BCUT2D eigenvalue weighted by molar-refractivity contribution is 6.20. The van der Waals surface area contributed by atoms with Crippen LogP contribution in [0.3, 0.4) is 0 Å². The standard InChI is InChI=1S/C13H20ClN3O/c1-2-6-18-13-9-15-8-12(17-13)16-7-10-4-3-5-11(10)14/h8-11H,2-7H2,1H3,(H,16,17). The third-order valence-corrected chi connectivity index (χ3v) is 3.75. The summed E-state index contributed by atoms with van der Waals surface area (Å²) < 4.78 is 5.45. The maximum absolute atomic E-state index is 6.24. The fourth-order valence-electron chi connectivity index (χ4n) is 2.17. The summed E-state index contributed by atoms with van der Waals surface area (Å²) in [5, 5.41) is 3.59. The molecule has 2 unspecified atom stereocenters. The molecule has 2 atom stereocenters. The van der Waals surface area contributed by atoms with Gasteiger partial charge in [0.1, 0.15) is 5.82 Å². The molecule has 0 amide bonds. The quantitative estimate of drug-likeness (QED) is 0.806. The molecule has 4 nitrogen and oxygen atoms in total. The van der Waals surface area contributed by atoms with Gasteiger partial charge in [-0.05, 0) is 25.2 Å². The second kappa shape index (κ2) is 6.78. The lowest BCUT2D eigenvalue weighted by Gasteiger charge is -2.15. The van der Waals surface area contributed by atoms with Crippen LogP contribution < -0.4 is 10.1 Å². The van der Waals surface area contributed by atoms with E-state index in [1.54, 1.807) is 12.4 Å². The summed E-state index contributed by atoms with van der Waals surface area (Å²) in [7, 11) is 0. The molecular formula is C13H20ClN3O. The van der Waals surface area contributed by atoms with Crippen LogP contribution in [0, 0.1) is 5.92 Å². The van der Waals surface area contributed by atoms with Gasteiger partial charge in [-0.1, -0.05) is 13.3 Å². The van der Waals surface area contributed by atoms with Gasteiger partial charge in [0.2, 0.25) is 5.88 Å². The van der Waals surface area contributed by atoms with Gasteiger partial charge in [0.25, 0.3) is 0 Å². The van der Waals surface area contributed by atoms with Crippen molar-refractivity contribution >= 4 is 17.4 Å². The second-order valence-electron chi connectivity index (χ2n) is 4.68. The van der Waals surface area contributed by atoms with E-state index < -0.39 is 0 Å². The van der Waals surface area contributed by atoms with Gasteiger partial charge in [-0.2, -0.15) is 4.98 Å². The molecule has 1 aliphatic carbocycles. The molecule has 0 aliphatic heterocycles. The fraction of sp³-hybridized carbons (Fsp3) is 0.692. The molecule has 18 heavy (non-hydrogen) atoms. The molecule has 1 saturated carbocycles. The summed E-state index contributed by atoms with van der Waals surface area (Å²) in [6, 6.07) is 0. The van der Waals surface area contributed by atoms with Crippen molar-refractivity contribution in [3.05, 3.63) is 12.4 Å². The van der Waals surface area contributed by atoms with E-state index in [1.807, 2.05) is 0 Å². The molecule has 1 aliphatic rings. The highest BCUT2D eigenvalue weighted by atomic mass is 35.5. The first kappa shape index (κ1) is 13.4. The Bertz CT molecular complexity index is 375. The average Bonchev–Trinajstić information content (AvgIpc) is 2.80. The van der Waals surface area contributed by atoms with Crippen LogP contribution in [0.2, 0.25) is 0 Å². The molecule has 1 fully saturated rings. The Hall–Kier alpha value is -1.03. The maximum atomic E-state index is 6.24. The fourth-order valence-corrected chi connectivity index (χ4v) is 2.54. The van der Waals surface area contributed by atoms with Gasteiger partial charge >= 0.3 is 0 Å². The molecular weight excluding hydrogens is 250 g/mol. The maximum Gasteiger partial charge on any atom is 0.234 e. The van der Waals surface area contributed by atoms with Crippen LogP contribution in [0.5, 0.6) is 5.88 Å². The highest BCUT2D eigenvalue weighted by Crippen LogP contribution is 2.30. The lowest BCUT2D eigenvalue weighted by molar-refractivity contribution is 0.304. The first-order chi connectivity index (χ1) is 8.79. The number of nitrogens with one attached hydrogen (secondary N) is 1. The molecule has 0 bridgehead atoms. The number of alkyl halides is 1. The van der Waals surface area contributed by atoms with E-state index in [1.165, 1.54) is 12.8 Å². The molecule has 1 aromatic heterocycles. The lowest BCUT2D eigenvalue weighted by Crippen LogP contribution is -2.19. The molecule has 0 aromatic carbocycles. The lowest BCUT2D eigenvalue weighted by atomic mass is 10.1. The van der Waals surface area contributed by atoms with Crippen molar-refractivity contribution in [2.24, 2.45) is 5.92 Å². The Morgan fingerprint density at radius 1 is 1.44 bits per heavy atom. The second-order valence-corrected chi connectivity index (χ2v) is 5.24. The summed E-state index contributed by atoms with van der Waals surface area (Å²) in [5.74, 6) is 1.88. The van der Waals surface area contributed by atoms with Gasteiger partial charge in [0.05, 0.1) is 19.0 Å². The first-order valence-corrected chi connectivity index (χ1v) is 7.06. The normalized spacial score (nSPS) is 23.0. The molecule has 0 radical (unpaired) electrons. The summed E-state index contributed by atoms with van der Waals surface area (Å²) >= 11 is 6.24. The summed E-state index contributed by atoms with van der Waals surface area (Å²) in [6.07, 6.45) is 7.87. The molecule has 0 spiro atoms. The van der Waals surface area contributed by atoms with Crippen molar-refractivity contribution in [3.63, 3.8) is 0 Å². The number of hydrogen-bond donors (Lipinski definition) is 1. The van der Waals surface area contributed by atoms with E-state index in [4.69, 9.17) is 16.3 Å². The van der Waals surface area contributed by atoms with Gasteiger partial charge in [0, 0.05) is 11.9 Å². The molecule has 0 saturated heterocycles. The van der Waals surface area contributed by atoms with Crippen molar-refractivity contribution < 1.29 is 4.74 Å². The van der Waals surface area contributed by atoms with E-state index in [9.17, 15) is 0 Å². The monoisotopic (exact) mass is 269 g/mol. The van der Waals surface area contributed by atoms with E-state index in [0.717, 1.165) is 25.2 Å². The largest absolute Gasteiger partial charge is 0.477 e. The molecule has 2 rings (SSSR count). The van der Waals surface area contributed by atoms with Gasteiger partial charge in [-0.3, -0.25) is 4.98 Å². The minimum Gasteiger partial charge on any atom is -0.477 e. The van der Waals surface area contributed by atoms with Crippen LogP contribution in [0.25, 0.3) is 0 Å². The molecule has 1 N–H and O–H groups in total. The Balaban J connectivity index is 1.84.